The summed E-state index contributed by atoms with van der Waals surface area (Å²) in [6.07, 6.45) is 7.96. The molecule has 4 aromatic carbocycles. The number of nitrogens with zero attached hydrogens (tertiary/aromatic N) is 2. The minimum atomic E-state index is -1.61. The van der Waals surface area contributed by atoms with E-state index in [4.69, 9.17) is 14.6 Å². The molecule has 7 aromatic rings. The van der Waals surface area contributed by atoms with Crippen LogP contribution in [0.5, 0.6) is 5.75 Å². The van der Waals surface area contributed by atoms with E-state index >= 15 is 0 Å². The number of aryl methyl sites for hydroxylation is 1. The average molecular weight is 759 g/mol. The zero-order chi connectivity index (χ0) is 39.9. The van der Waals surface area contributed by atoms with Crippen LogP contribution in [-0.2, 0) is 0 Å². The molecule has 0 amide bonds. The van der Waals surface area contributed by atoms with Crippen LogP contribution in [0.25, 0.3) is 90.9 Å². The second-order valence-electron chi connectivity index (χ2n) is 14.1. The van der Waals surface area contributed by atoms with Gasteiger partial charge in [-0.1, -0.05) is 90.5 Å². The minimum absolute atomic E-state index is 0.372. The van der Waals surface area contributed by atoms with Crippen LogP contribution >= 0.6 is 0 Å². The molecular formula is C45H34B3N4O6. The normalized spacial score (nSPS) is 11.8. The number of benzene rings is 4. The summed E-state index contributed by atoms with van der Waals surface area (Å²) in [6, 6.07) is 37.9. The van der Waals surface area contributed by atoms with E-state index in [0.717, 1.165) is 77.8 Å². The summed E-state index contributed by atoms with van der Waals surface area (Å²) in [7, 11) is -2.57. The van der Waals surface area contributed by atoms with Gasteiger partial charge < -0.3 is 39.7 Å². The van der Waals surface area contributed by atoms with E-state index in [0.29, 0.717) is 41.4 Å². The van der Waals surface area contributed by atoms with Gasteiger partial charge in [0, 0.05) is 44.3 Å². The van der Waals surface area contributed by atoms with Crippen molar-refractivity contribution in [2.24, 2.45) is 0 Å². The lowest BCUT2D eigenvalue weighted by molar-refractivity contribution is 0.424. The molecule has 279 valence electrons. The second-order valence-corrected chi connectivity index (χ2v) is 14.1. The summed E-state index contributed by atoms with van der Waals surface area (Å²) in [4.78, 5) is 18.0. The molecule has 0 atom stereocenters. The molecule has 0 fully saturated rings. The SMILES string of the molecule is Cc1ccc(-c2c3nc(c(-c4ccc(B(O)O)cc4)c4ccc([nH]4)c(-c4ccc(O[B]O)cc4)c4nc(c(-c5ccc(B(O)O)cc5)c5ccc2[nH]5)C=C4)C=C3)cc1. The van der Waals surface area contributed by atoms with Crippen molar-refractivity contribution in [1.29, 1.82) is 0 Å². The highest BCUT2D eigenvalue weighted by Crippen LogP contribution is 2.38. The van der Waals surface area contributed by atoms with E-state index in [1.54, 1.807) is 36.4 Å². The maximum Gasteiger partial charge on any atom is 0.569 e. The Kier molecular flexibility index (Phi) is 9.74. The Hall–Kier alpha value is -6.73. The number of H-pyrrole nitrogens is 2. The summed E-state index contributed by atoms with van der Waals surface area (Å²) in [5.41, 5.74) is 14.7. The third-order valence-corrected chi connectivity index (χ3v) is 10.4. The number of nitrogens with one attached hydrogen (secondary N) is 2. The van der Waals surface area contributed by atoms with E-state index < -0.39 is 14.2 Å². The van der Waals surface area contributed by atoms with E-state index in [1.165, 1.54) is 0 Å². The Balaban J connectivity index is 1.42. The van der Waals surface area contributed by atoms with Crippen molar-refractivity contribution in [2.45, 2.75) is 6.92 Å². The van der Waals surface area contributed by atoms with Gasteiger partial charge in [0.15, 0.2) is 0 Å². The van der Waals surface area contributed by atoms with Crippen LogP contribution < -0.4 is 15.6 Å². The molecule has 9 rings (SSSR count). The molecule has 7 N–H and O–H groups in total. The molecule has 2 aliphatic heterocycles. The Morgan fingerprint density at radius 3 is 1.07 bits per heavy atom. The molecule has 1 radical (unpaired) electrons. The van der Waals surface area contributed by atoms with Gasteiger partial charge >= 0.3 is 21.9 Å². The largest absolute Gasteiger partial charge is 0.569 e. The first-order valence-corrected chi connectivity index (χ1v) is 18.6. The molecule has 0 spiro atoms. The molecule has 3 aromatic heterocycles. The fourth-order valence-electron chi connectivity index (χ4n) is 7.55. The number of aromatic amines is 2. The molecule has 13 heteroatoms. The van der Waals surface area contributed by atoms with Crippen molar-refractivity contribution < 1.29 is 29.8 Å². The average Bonchev–Trinajstić information content (AvgIpc) is 4.08. The standard InChI is InChI=1S/C45H34B3N4O6/c1-26-2-4-27(5-3-26)42-34-18-20-36(49-34)43(28-6-12-31(13-7-28)47(54)55)38-22-24-40(51-38)45(30-10-16-33(17-11-30)58-46-53)41-25-23-39(52-41)44(37-21-19-35(42)50-37)29-8-14-32(15-9-29)48(56)57/h2-25,49,52-57H,1H3. The molecule has 5 heterocycles. The summed E-state index contributed by atoms with van der Waals surface area (Å²) in [5, 5.41) is 48.8. The van der Waals surface area contributed by atoms with E-state index in [9.17, 15) is 25.1 Å². The van der Waals surface area contributed by atoms with Crippen LogP contribution in [0.1, 0.15) is 28.3 Å². The molecule has 10 nitrogen and oxygen atoms in total. The Morgan fingerprint density at radius 2 is 0.759 bits per heavy atom. The predicted molar refractivity (Wildman–Crippen MR) is 234 cm³/mol. The van der Waals surface area contributed by atoms with E-state index in [2.05, 4.69) is 41.2 Å². The van der Waals surface area contributed by atoms with Crippen LogP contribution in [0.15, 0.2) is 121 Å². The first kappa shape index (κ1) is 36.9. The summed E-state index contributed by atoms with van der Waals surface area (Å²) in [6.45, 7) is 2.05. The predicted octanol–water partition coefficient (Wildman–Crippen LogP) is 5.90. The highest BCUT2D eigenvalue weighted by atomic mass is 16.5. The molecular weight excluding hydrogens is 725 g/mol. The second kappa shape index (κ2) is 15.3. The van der Waals surface area contributed by atoms with Crippen LogP contribution in [0.2, 0.25) is 0 Å². The molecule has 0 saturated heterocycles. The maximum atomic E-state index is 9.89. The van der Waals surface area contributed by atoms with Gasteiger partial charge in [0.25, 0.3) is 0 Å². The van der Waals surface area contributed by atoms with E-state index in [1.807, 2.05) is 85.0 Å². The number of hydrogen-bond donors (Lipinski definition) is 7. The van der Waals surface area contributed by atoms with Crippen LogP contribution in [0.4, 0.5) is 0 Å². The Morgan fingerprint density at radius 1 is 0.448 bits per heavy atom. The first-order valence-electron chi connectivity index (χ1n) is 18.6. The molecule has 0 unspecified atom stereocenters. The van der Waals surface area contributed by atoms with Crippen molar-refractivity contribution >= 4 is 79.2 Å². The number of hydrogen-bond acceptors (Lipinski definition) is 8. The monoisotopic (exact) mass is 759 g/mol. The van der Waals surface area contributed by atoms with Crippen molar-refractivity contribution in [1.82, 2.24) is 19.9 Å². The number of rotatable bonds is 8. The van der Waals surface area contributed by atoms with Crippen molar-refractivity contribution in [3.63, 3.8) is 0 Å². The molecule has 58 heavy (non-hydrogen) atoms. The lowest BCUT2D eigenvalue weighted by Crippen LogP contribution is -2.29. The van der Waals surface area contributed by atoms with E-state index in [-0.39, 0.29) is 0 Å². The zero-order valence-electron chi connectivity index (χ0n) is 31.1. The quantitative estimate of drug-likeness (QED) is 0.0942. The van der Waals surface area contributed by atoms with Gasteiger partial charge in [0.1, 0.15) is 5.75 Å². The van der Waals surface area contributed by atoms with Gasteiger partial charge in [-0.15, -0.1) is 0 Å². The highest BCUT2D eigenvalue weighted by molar-refractivity contribution is 6.59. The molecule has 8 bridgehead atoms. The fourth-order valence-corrected chi connectivity index (χ4v) is 7.55. The van der Waals surface area contributed by atoms with Gasteiger partial charge in [-0.05, 0) is 101 Å². The number of fused-ring (bicyclic) bond motifs is 8. The third kappa shape index (κ3) is 6.98. The molecule has 2 aliphatic rings. The van der Waals surface area contributed by atoms with Crippen molar-refractivity contribution in [3.8, 4) is 50.3 Å². The fraction of sp³-hybridized carbons (Fsp3) is 0.0222. The lowest BCUT2D eigenvalue weighted by Gasteiger charge is -2.08. The third-order valence-electron chi connectivity index (χ3n) is 10.4. The minimum Gasteiger partial charge on any atom is -0.537 e. The van der Waals surface area contributed by atoms with Crippen LogP contribution in [0, 0.1) is 6.92 Å². The van der Waals surface area contributed by atoms with Crippen molar-refractivity contribution in [3.05, 3.63) is 150 Å². The summed E-state index contributed by atoms with van der Waals surface area (Å²) >= 11 is 0. The van der Waals surface area contributed by atoms with Gasteiger partial charge in [-0.3, -0.25) is 0 Å². The van der Waals surface area contributed by atoms with Gasteiger partial charge in [0.2, 0.25) is 0 Å². The highest BCUT2D eigenvalue weighted by Gasteiger charge is 2.20. The Labute approximate surface area is 334 Å². The molecule has 0 saturated carbocycles. The molecule has 0 aliphatic carbocycles. The summed E-state index contributed by atoms with van der Waals surface area (Å²) in [5.74, 6) is 0.463. The van der Waals surface area contributed by atoms with Gasteiger partial charge in [0.05, 0.1) is 22.8 Å². The van der Waals surface area contributed by atoms with Gasteiger partial charge in [-0.2, -0.15) is 0 Å². The first-order chi connectivity index (χ1) is 28.2. The maximum absolute atomic E-state index is 9.89. The lowest BCUT2D eigenvalue weighted by atomic mass is 9.80. The van der Waals surface area contributed by atoms with Crippen LogP contribution in [-0.4, -0.2) is 67.0 Å². The smallest absolute Gasteiger partial charge is 0.537 e. The van der Waals surface area contributed by atoms with Crippen molar-refractivity contribution in [2.75, 3.05) is 0 Å². The topological polar surface area (TPSA) is 168 Å². The zero-order valence-corrected chi connectivity index (χ0v) is 31.1. The number of aromatic nitrogens is 4. The summed E-state index contributed by atoms with van der Waals surface area (Å²) < 4.78 is 5.22. The Bertz CT molecular complexity index is 2860. The van der Waals surface area contributed by atoms with Crippen LogP contribution in [0.3, 0.4) is 0 Å². The van der Waals surface area contributed by atoms with Gasteiger partial charge in [-0.25, -0.2) is 9.97 Å².